The lowest BCUT2D eigenvalue weighted by atomic mass is 9.93. The minimum atomic E-state index is -4.52. The number of hydrogen-bond donors (Lipinski definition) is 2. The van der Waals surface area contributed by atoms with Crippen molar-refractivity contribution in [3.05, 3.63) is 77.2 Å². The second-order valence-corrected chi connectivity index (χ2v) is 8.94. The number of benzene rings is 2. The molecule has 202 valence electrons. The van der Waals surface area contributed by atoms with E-state index in [4.69, 9.17) is 0 Å². The number of halogens is 5. The van der Waals surface area contributed by atoms with Crippen LogP contribution < -0.4 is 15.5 Å². The number of rotatable bonds is 4. The van der Waals surface area contributed by atoms with E-state index in [1.807, 2.05) is 0 Å². The van der Waals surface area contributed by atoms with E-state index in [9.17, 15) is 36.3 Å². The number of amides is 4. The number of aryl methyl sites for hydroxylation is 1. The summed E-state index contributed by atoms with van der Waals surface area (Å²) in [7, 11) is 0. The first-order valence-corrected chi connectivity index (χ1v) is 11.4. The van der Waals surface area contributed by atoms with Crippen LogP contribution in [0.2, 0.25) is 0 Å². The van der Waals surface area contributed by atoms with Crippen LogP contribution >= 0.6 is 0 Å². The largest absolute Gasteiger partial charge is 0.406 e. The van der Waals surface area contributed by atoms with E-state index in [-0.39, 0.29) is 22.1 Å². The van der Waals surface area contributed by atoms with Crippen LogP contribution in [0.3, 0.4) is 0 Å². The summed E-state index contributed by atoms with van der Waals surface area (Å²) in [5.74, 6) is 0.566. The van der Waals surface area contributed by atoms with Crippen LogP contribution in [0, 0.1) is 30.4 Å². The van der Waals surface area contributed by atoms with E-state index >= 15 is 0 Å². The summed E-state index contributed by atoms with van der Waals surface area (Å²) in [6.07, 6.45) is -4.28. The van der Waals surface area contributed by atoms with Crippen molar-refractivity contribution < 1.29 is 36.3 Å². The van der Waals surface area contributed by atoms with Gasteiger partial charge in [0.1, 0.15) is 23.6 Å². The topological polar surface area (TPSA) is 96.3 Å². The molecular formula is C26H20F5N5O3. The molecule has 8 nitrogen and oxygen atoms in total. The zero-order chi connectivity index (χ0) is 28.5. The Morgan fingerprint density at radius 1 is 1.10 bits per heavy atom. The highest BCUT2D eigenvalue weighted by Crippen LogP contribution is 2.30. The molecule has 2 heterocycles. The lowest BCUT2D eigenvalue weighted by Gasteiger charge is -2.37. The summed E-state index contributed by atoms with van der Waals surface area (Å²) >= 11 is 0. The molecule has 2 N–H and O–H groups in total. The fourth-order valence-corrected chi connectivity index (χ4v) is 3.89. The molecule has 13 heteroatoms. The van der Waals surface area contributed by atoms with Gasteiger partial charge in [-0.1, -0.05) is 30.0 Å². The third kappa shape index (κ3) is 6.06. The predicted molar refractivity (Wildman–Crippen MR) is 129 cm³/mol. The van der Waals surface area contributed by atoms with Gasteiger partial charge < -0.3 is 15.2 Å². The number of urea groups is 1. The van der Waals surface area contributed by atoms with Gasteiger partial charge in [0.15, 0.2) is 17.5 Å². The number of aromatic nitrogens is 2. The molecule has 39 heavy (non-hydrogen) atoms. The van der Waals surface area contributed by atoms with Crippen LogP contribution in [0.15, 0.2) is 48.7 Å². The Labute approximate surface area is 218 Å². The molecule has 0 aliphatic carbocycles. The number of carbonyl (C=O) groups excluding carboxylic acids is 3. The molecule has 0 saturated carbocycles. The van der Waals surface area contributed by atoms with Crippen molar-refractivity contribution in [1.82, 2.24) is 14.9 Å². The highest BCUT2D eigenvalue weighted by Gasteiger charge is 2.47. The fourth-order valence-electron chi connectivity index (χ4n) is 3.89. The second-order valence-electron chi connectivity index (χ2n) is 8.94. The van der Waals surface area contributed by atoms with Gasteiger partial charge in [0.2, 0.25) is 5.91 Å². The van der Waals surface area contributed by atoms with Crippen molar-refractivity contribution in [2.45, 2.75) is 38.5 Å². The molecule has 1 aliphatic heterocycles. The monoisotopic (exact) mass is 545 g/mol. The van der Waals surface area contributed by atoms with Gasteiger partial charge in [-0.05, 0) is 38.1 Å². The van der Waals surface area contributed by atoms with Gasteiger partial charge in [-0.15, -0.1) is 0 Å². The summed E-state index contributed by atoms with van der Waals surface area (Å²) in [4.78, 5) is 42.6. The Hall–Kier alpha value is -4.73. The minimum absolute atomic E-state index is 0.0352. The third-order valence-corrected chi connectivity index (χ3v) is 5.77. The highest BCUT2D eigenvalue weighted by molar-refractivity contribution is 6.20. The maximum atomic E-state index is 14.9. The van der Waals surface area contributed by atoms with E-state index in [0.717, 1.165) is 22.9 Å². The van der Waals surface area contributed by atoms with Crippen LogP contribution in [0.5, 0.6) is 0 Å². The van der Waals surface area contributed by atoms with Crippen LogP contribution in [0.25, 0.3) is 0 Å². The molecule has 1 aliphatic rings. The van der Waals surface area contributed by atoms with Crippen LogP contribution in [0.1, 0.15) is 30.3 Å². The summed E-state index contributed by atoms with van der Waals surface area (Å²) in [6.45, 7) is 1.15. The number of imidazole rings is 1. The number of nitrogens with zero attached hydrogens (tertiary/aromatic N) is 3. The Morgan fingerprint density at radius 3 is 2.31 bits per heavy atom. The summed E-state index contributed by atoms with van der Waals surface area (Å²) in [5, 5.41) is 4.51. The first kappa shape index (κ1) is 27.3. The average Bonchev–Trinajstić information content (AvgIpc) is 3.16. The maximum absolute atomic E-state index is 14.9. The molecule has 2 aromatic carbocycles. The van der Waals surface area contributed by atoms with E-state index in [1.165, 1.54) is 13.8 Å². The van der Waals surface area contributed by atoms with Crippen molar-refractivity contribution >= 4 is 29.4 Å². The van der Waals surface area contributed by atoms with Crippen LogP contribution in [-0.4, -0.2) is 39.1 Å². The molecule has 0 unspecified atom stereocenters. The lowest BCUT2D eigenvalue weighted by Crippen LogP contribution is -2.65. The van der Waals surface area contributed by atoms with Crippen molar-refractivity contribution in [3.63, 3.8) is 0 Å². The van der Waals surface area contributed by atoms with Gasteiger partial charge in [-0.2, -0.15) is 13.2 Å². The Bertz CT molecular complexity index is 1480. The normalized spacial score (nSPS) is 17.4. The smallest absolute Gasteiger partial charge is 0.324 e. The van der Waals surface area contributed by atoms with Crippen LogP contribution in [0.4, 0.5) is 38.3 Å². The SMILES string of the molecule is Cc1nc(NC(=O)[C@]2(C)CC(=O)N(c3c(F)cc(C#Cc4ccccc4)cc3F)C(=O)N2)cn1CC(F)(F)F. The summed E-state index contributed by atoms with van der Waals surface area (Å²) in [6, 6.07) is 9.13. The number of carbonyl (C=O) groups is 3. The molecule has 1 fully saturated rings. The van der Waals surface area contributed by atoms with E-state index in [2.05, 4.69) is 27.5 Å². The lowest BCUT2D eigenvalue weighted by molar-refractivity contribution is -0.141. The zero-order valence-corrected chi connectivity index (χ0v) is 20.5. The maximum Gasteiger partial charge on any atom is 0.406 e. The summed E-state index contributed by atoms with van der Waals surface area (Å²) in [5.41, 5.74) is -2.26. The molecule has 1 atom stereocenters. The minimum Gasteiger partial charge on any atom is -0.324 e. The first-order valence-electron chi connectivity index (χ1n) is 11.4. The molecule has 1 aromatic heterocycles. The number of alkyl halides is 3. The number of hydrogen-bond acceptors (Lipinski definition) is 4. The molecule has 0 bridgehead atoms. The molecule has 0 spiro atoms. The van der Waals surface area contributed by atoms with Crippen molar-refractivity contribution in [1.29, 1.82) is 0 Å². The predicted octanol–water partition coefficient (Wildman–Crippen LogP) is 4.28. The van der Waals surface area contributed by atoms with Gasteiger partial charge in [0.25, 0.3) is 5.91 Å². The fraction of sp³-hybridized carbons (Fsp3) is 0.231. The average molecular weight is 545 g/mol. The van der Waals surface area contributed by atoms with Gasteiger partial charge in [-0.3, -0.25) is 9.59 Å². The zero-order valence-electron chi connectivity index (χ0n) is 20.5. The van der Waals surface area contributed by atoms with E-state index in [1.54, 1.807) is 30.3 Å². The molecule has 1 saturated heterocycles. The summed E-state index contributed by atoms with van der Waals surface area (Å²) < 4.78 is 68.7. The Balaban J connectivity index is 1.52. The van der Waals surface area contributed by atoms with E-state index < -0.39 is 59.8 Å². The van der Waals surface area contributed by atoms with Crippen LogP contribution in [-0.2, 0) is 16.1 Å². The molecule has 0 radical (unpaired) electrons. The second kappa shape index (κ2) is 10.2. The standard InChI is InChI=1S/C26H20F5N5O3/c1-15-32-20(13-35(15)14-26(29,30)31)33-23(38)25(2)12-21(37)36(24(39)34-25)22-18(27)10-17(11-19(22)28)9-8-16-6-4-3-5-7-16/h3-7,10-11,13H,12,14H2,1-2H3,(H,33,38)(H,34,39)/t25-/m0/s1. The number of imide groups is 1. The van der Waals surface area contributed by atoms with E-state index in [0.29, 0.717) is 5.56 Å². The number of nitrogens with one attached hydrogen (secondary N) is 2. The number of anilines is 2. The van der Waals surface area contributed by atoms with Crippen molar-refractivity contribution in [2.75, 3.05) is 10.2 Å². The Morgan fingerprint density at radius 2 is 1.72 bits per heavy atom. The van der Waals surface area contributed by atoms with Crippen molar-refractivity contribution in [2.24, 2.45) is 0 Å². The van der Waals surface area contributed by atoms with Crippen molar-refractivity contribution in [3.8, 4) is 11.8 Å². The Kier molecular flexibility index (Phi) is 7.14. The van der Waals surface area contributed by atoms with Gasteiger partial charge in [-0.25, -0.2) is 23.5 Å². The first-order chi connectivity index (χ1) is 18.3. The van der Waals surface area contributed by atoms with Gasteiger partial charge in [0.05, 0.1) is 6.42 Å². The molecule has 4 rings (SSSR count). The quantitative estimate of drug-likeness (QED) is 0.378. The highest BCUT2D eigenvalue weighted by atomic mass is 19.4. The third-order valence-electron chi connectivity index (χ3n) is 5.77. The molecule has 3 aromatic rings. The van der Waals surface area contributed by atoms with Gasteiger partial charge >= 0.3 is 12.2 Å². The molecule has 4 amide bonds. The molecular weight excluding hydrogens is 525 g/mol. The van der Waals surface area contributed by atoms with Gasteiger partial charge in [0, 0.05) is 17.3 Å².